The summed E-state index contributed by atoms with van der Waals surface area (Å²) in [5, 5.41) is 8.77. The summed E-state index contributed by atoms with van der Waals surface area (Å²) in [4.78, 5) is 15.6. The summed E-state index contributed by atoms with van der Waals surface area (Å²) < 4.78 is 4.83. The lowest BCUT2D eigenvalue weighted by Gasteiger charge is -2.04. The van der Waals surface area contributed by atoms with E-state index >= 15 is 0 Å². The molecule has 0 aliphatic heterocycles. The standard InChI is InChI=1S/C10H17N3O2S/c1-8-7-16-10(13-8)6-11-5-9(14)12-3-4-15-2/h7,11H,3-6H2,1-2H3,(H,12,14). The van der Waals surface area contributed by atoms with Crippen LogP contribution in [0.3, 0.4) is 0 Å². The summed E-state index contributed by atoms with van der Waals surface area (Å²) in [6, 6.07) is 0. The summed E-state index contributed by atoms with van der Waals surface area (Å²) in [6.07, 6.45) is 0. The number of nitrogens with one attached hydrogen (secondary N) is 2. The zero-order chi connectivity index (χ0) is 11.8. The van der Waals surface area contributed by atoms with E-state index in [4.69, 9.17) is 4.74 Å². The number of rotatable bonds is 7. The third-order valence-electron chi connectivity index (χ3n) is 1.86. The molecule has 1 heterocycles. The number of aromatic nitrogens is 1. The van der Waals surface area contributed by atoms with Crippen LogP contribution in [0.1, 0.15) is 10.7 Å². The van der Waals surface area contributed by atoms with E-state index < -0.39 is 0 Å². The highest BCUT2D eigenvalue weighted by atomic mass is 32.1. The maximum Gasteiger partial charge on any atom is 0.234 e. The molecule has 0 saturated heterocycles. The summed E-state index contributed by atoms with van der Waals surface area (Å²) in [7, 11) is 1.61. The van der Waals surface area contributed by atoms with Crippen LogP contribution in [0, 0.1) is 6.92 Å². The minimum absolute atomic E-state index is 0.0228. The summed E-state index contributed by atoms with van der Waals surface area (Å²) >= 11 is 1.60. The van der Waals surface area contributed by atoms with Crippen LogP contribution in [0.25, 0.3) is 0 Å². The van der Waals surface area contributed by atoms with E-state index in [2.05, 4.69) is 15.6 Å². The van der Waals surface area contributed by atoms with Gasteiger partial charge in [-0.15, -0.1) is 11.3 Å². The van der Waals surface area contributed by atoms with Crippen LogP contribution in [0.4, 0.5) is 0 Å². The zero-order valence-electron chi connectivity index (χ0n) is 9.58. The second-order valence-electron chi connectivity index (χ2n) is 3.33. The molecule has 0 aliphatic rings. The summed E-state index contributed by atoms with van der Waals surface area (Å²) in [5.74, 6) is -0.0228. The largest absolute Gasteiger partial charge is 0.383 e. The maximum atomic E-state index is 11.3. The Labute approximate surface area is 99.2 Å². The SMILES string of the molecule is COCCNC(=O)CNCc1nc(C)cs1. The molecule has 5 nitrogen and oxygen atoms in total. The Morgan fingerprint density at radius 1 is 1.62 bits per heavy atom. The van der Waals surface area contributed by atoms with Crippen molar-refractivity contribution >= 4 is 17.2 Å². The molecule has 0 fully saturated rings. The first kappa shape index (κ1) is 13.1. The number of aryl methyl sites for hydroxylation is 1. The number of carbonyl (C=O) groups is 1. The van der Waals surface area contributed by atoms with Crippen LogP contribution in [0.2, 0.25) is 0 Å². The van der Waals surface area contributed by atoms with Crippen LogP contribution in [-0.4, -0.2) is 37.7 Å². The Morgan fingerprint density at radius 3 is 3.06 bits per heavy atom. The Bertz CT molecular complexity index is 328. The summed E-state index contributed by atoms with van der Waals surface area (Å²) in [6.45, 7) is 3.99. The second-order valence-corrected chi connectivity index (χ2v) is 4.27. The van der Waals surface area contributed by atoms with Crippen molar-refractivity contribution in [1.29, 1.82) is 0 Å². The molecule has 1 amide bonds. The third-order valence-corrected chi connectivity index (χ3v) is 2.82. The molecular formula is C10H17N3O2S. The van der Waals surface area contributed by atoms with Crippen LogP contribution in [0.15, 0.2) is 5.38 Å². The first-order valence-corrected chi connectivity index (χ1v) is 5.97. The number of carbonyl (C=O) groups excluding carboxylic acids is 1. The predicted octanol–water partition coefficient (Wildman–Crippen LogP) is 0.304. The molecule has 0 bridgehead atoms. The zero-order valence-corrected chi connectivity index (χ0v) is 10.4. The molecule has 0 aromatic carbocycles. The van der Waals surface area contributed by atoms with E-state index in [1.54, 1.807) is 18.4 Å². The number of methoxy groups -OCH3 is 1. The fraction of sp³-hybridized carbons (Fsp3) is 0.600. The van der Waals surface area contributed by atoms with E-state index in [1.165, 1.54) is 0 Å². The predicted molar refractivity (Wildman–Crippen MR) is 63.4 cm³/mol. The Morgan fingerprint density at radius 2 is 2.44 bits per heavy atom. The van der Waals surface area contributed by atoms with Gasteiger partial charge < -0.3 is 15.4 Å². The molecule has 0 spiro atoms. The third kappa shape index (κ3) is 5.20. The van der Waals surface area contributed by atoms with Crippen LogP contribution >= 0.6 is 11.3 Å². The molecule has 90 valence electrons. The lowest BCUT2D eigenvalue weighted by molar-refractivity contribution is -0.120. The number of nitrogens with zero attached hydrogens (tertiary/aromatic N) is 1. The van der Waals surface area contributed by atoms with Gasteiger partial charge in [0.05, 0.1) is 13.2 Å². The van der Waals surface area contributed by atoms with Gasteiger partial charge in [-0.3, -0.25) is 4.79 Å². The average molecular weight is 243 g/mol. The highest BCUT2D eigenvalue weighted by Crippen LogP contribution is 2.07. The highest BCUT2D eigenvalue weighted by molar-refractivity contribution is 7.09. The molecule has 0 atom stereocenters. The van der Waals surface area contributed by atoms with Gasteiger partial charge in [-0.2, -0.15) is 0 Å². The van der Waals surface area contributed by atoms with Crippen molar-refractivity contribution in [2.45, 2.75) is 13.5 Å². The quantitative estimate of drug-likeness (QED) is 0.676. The first-order valence-electron chi connectivity index (χ1n) is 5.09. The van der Waals surface area contributed by atoms with E-state index in [1.807, 2.05) is 12.3 Å². The van der Waals surface area contributed by atoms with E-state index in [0.717, 1.165) is 10.7 Å². The van der Waals surface area contributed by atoms with Crippen LogP contribution < -0.4 is 10.6 Å². The van der Waals surface area contributed by atoms with E-state index in [-0.39, 0.29) is 5.91 Å². The molecule has 6 heteroatoms. The van der Waals surface area contributed by atoms with Gasteiger partial charge in [-0.25, -0.2) is 4.98 Å². The van der Waals surface area contributed by atoms with Crippen molar-refractivity contribution < 1.29 is 9.53 Å². The van der Waals surface area contributed by atoms with Crippen LogP contribution in [0.5, 0.6) is 0 Å². The lowest BCUT2D eigenvalue weighted by atomic mass is 10.5. The number of ether oxygens (including phenoxy) is 1. The van der Waals surface area contributed by atoms with Crippen molar-refractivity contribution in [3.63, 3.8) is 0 Å². The normalized spacial score (nSPS) is 10.4. The fourth-order valence-corrected chi connectivity index (χ4v) is 1.86. The molecule has 1 rings (SSSR count). The minimum atomic E-state index is -0.0228. The molecule has 2 N–H and O–H groups in total. The molecule has 0 radical (unpaired) electrons. The van der Waals surface area contributed by atoms with Crippen molar-refractivity contribution in [2.75, 3.05) is 26.8 Å². The van der Waals surface area contributed by atoms with Crippen LogP contribution in [-0.2, 0) is 16.1 Å². The van der Waals surface area contributed by atoms with Gasteiger partial charge in [0.25, 0.3) is 0 Å². The van der Waals surface area contributed by atoms with Gasteiger partial charge >= 0.3 is 0 Å². The number of hydrogen-bond acceptors (Lipinski definition) is 5. The molecule has 0 aliphatic carbocycles. The fourth-order valence-electron chi connectivity index (χ4n) is 1.12. The number of amides is 1. The maximum absolute atomic E-state index is 11.3. The van der Waals surface area contributed by atoms with Crippen molar-refractivity contribution in [2.24, 2.45) is 0 Å². The van der Waals surface area contributed by atoms with Gasteiger partial charge in [0.1, 0.15) is 5.01 Å². The smallest absolute Gasteiger partial charge is 0.234 e. The molecule has 16 heavy (non-hydrogen) atoms. The van der Waals surface area contributed by atoms with E-state index in [0.29, 0.717) is 26.2 Å². The van der Waals surface area contributed by atoms with Gasteiger partial charge in [0.2, 0.25) is 5.91 Å². The van der Waals surface area contributed by atoms with Gasteiger partial charge in [-0.05, 0) is 6.92 Å². The van der Waals surface area contributed by atoms with Gasteiger partial charge in [0.15, 0.2) is 0 Å². The lowest BCUT2D eigenvalue weighted by Crippen LogP contribution is -2.35. The van der Waals surface area contributed by atoms with Gasteiger partial charge in [0, 0.05) is 31.3 Å². The van der Waals surface area contributed by atoms with Crippen molar-refractivity contribution in [3.05, 3.63) is 16.1 Å². The van der Waals surface area contributed by atoms with Crippen molar-refractivity contribution in [3.8, 4) is 0 Å². The van der Waals surface area contributed by atoms with Crippen molar-refractivity contribution in [1.82, 2.24) is 15.6 Å². The molecule has 0 unspecified atom stereocenters. The van der Waals surface area contributed by atoms with Gasteiger partial charge in [-0.1, -0.05) is 0 Å². The topological polar surface area (TPSA) is 63.2 Å². The van der Waals surface area contributed by atoms with E-state index in [9.17, 15) is 4.79 Å². The Balaban J connectivity index is 2.08. The first-order chi connectivity index (χ1) is 7.72. The second kappa shape index (κ2) is 7.32. The number of hydrogen-bond donors (Lipinski definition) is 2. The molecule has 1 aromatic rings. The molecule has 1 aromatic heterocycles. The molecule has 0 saturated carbocycles. The molecular weight excluding hydrogens is 226 g/mol. The number of thiazole rings is 1. The monoisotopic (exact) mass is 243 g/mol. The highest BCUT2D eigenvalue weighted by Gasteiger charge is 2.01. The summed E-state index contributed by atoms with van der Waals surface area (Å²) in [5.41, 5.74) is 1.02. The Kier molecular flexibility index (Phi) is 5.99. The average Bonchev–Trinajstić information content (AvgIpc) is 2.65. The minimum Gasteiger partial charge on any atom is -0.383 e. The Hall–Kier alpha value is -0.980.